The molecule has 0 aliphatic carbocycles. The molecule has 0 radical (unpaired) electrons. The van der Waals surface area contributed by atoms with Crippen molar-refractivity contribution < 1.29 is 14.3 Å². The van der Waals surface area contributed by atoms with Crippen LogP contribution in [0.5, 0.6) is 0 Å². The fourth-order valence-electron chi connectivity index (χ4n) is 3.74. The average molecular weight is 379 g/mol. The van der Waals surface area contributed by atoms with Gasteiger partial charge in [-0.2, -0.15) is 0 Å². The zero-order valence-electron chi connectivity index (χ0n) is 15.9. The molecule has 2 amide bonds. The molecule has 28 heavy (non-hydrogen) atoms. The van der Waals surface area contributed by atoms with Crippen molar-refractivity contribution in [2.24, 2.45) is 0 Å². The maximum Gasteiger partial charge on any atom is 0.253 e. The van der Waals surface area contributed by atoms with Crippen molar-refractivity contribution in [1.82, 2.24) is 15.2 Å². The molecule has 2 aromatic rings. The number of ether oxygens (including phenoxy) is 1. The van der Waals surface area contributed by atoms with Crippen LogP contribution in [-0.2, 0) is 4.74 Å². The van der Waals surface area contributed by atoms with Crippen LogP contribution < -0.4 is 5.32 Å². The van der Waals surface area contributed by atoms with Gasteiger partial charge in [-0.1, -0.05) is 12.1 Å². The summed E-state index contributed by atoms with van der Waals surface area (Å²) in [5.41, 5.74) is 2.74. The highest BCUT2D eigenvalue weighted by molar-refractivity contribution is 5.97. The normalized spacial score (nSPS) is 19.4. The number of pyridine rings is 1. The Labute approximate surface area is 164 Å². The second-order valence-electron chi connectivity index (χ2n) is 7.40. The summed E-state index contributed by atoms with van der Waals surface area (Å²) in [5, 5.41) is 3.00. The lowest BCUT2D eigenvalue weighted by Crippen LogP contribution is -2.35. The first-order valence-electron chi connectivity index (χ1n) is 9.95. The van der Waals surface area contributed by atoms with Crippen LogP contribution in [0.25, 0.3) is 11.3 Å². The number of nitrogens with one attached hydrogen (secondary N) is 1. The molecule has 6 nitrogen and oxygen atoms in total. The van der Waals surface area contributed by atoms with E-state index in [-0.39, 0.29) is 17.9 Å². The minimum atomic E-state index is -0.113. The molecule has 2 saturated heterocycles. The van der Waals surface area contributed by atoms with Crippen LogP contribution >= 0.6 is 0 Å². The van der Waals surface area contributed by atoms with E-state index in [1.54, 1.807) is 18.3 Å². The number of aromatic nitrogens is 1. The van der Waals surface area contributed by atoms with E-state index in [0.29, 0.717) is 30.0 Å². The quantitative estimate of drug-likeness (QED) is 0.887. The van der Waals surface area contributed by atoms with Gasteiger partial charge in [0.05, 0.1) is 18.3 Å². The fourth-order valence-corrected chi connectivity index (χ4v) is 3.74. The average Bonchev–Trinajstić information content (AvgIpc) is 3.27. The number of carbonyl (C=O) groups excluding carboxylic acids is 2. The van der Waals surface area contributed by atoms with Gasteiger partial charge in [0.15, 0.2) is 0 Å². The van der Waals surface area contributed by atoms with Crippen LogP contribution in [0.15, 0.2) is 42.6 Å². The molecule has 0 unspecified atom stereocenters. The van der Waals surface area contributed by atoms with Crippen molar-refractivity contribution in [2.75, 3.05) is 26.3 Å². The SMILES string of the molecule is O=C(N[C@@H]1CCOC1)c1cccc(-c2cc(C(=O)N3CCCCC3)ccn2)c1. The lowest BCUT2D eigenvalue weighted by atomic mass is 10.0. The Morgan fingerprint density at radius 1 is 1.07 bits per heavy atom. The molecule has 1 N–H and O–H groups in total. The van der Waals surface area contributed by atoms with Gasteiger partial charge < -0.3 is 15.0 Å². The first-order valence-corrected chi connectivity index (χ1v) is 9.95. The number of hydrogen-bond acceptors (Lipinski definition) is 4. The van der Waals surface area contributed by atoms with Crippen LogP contribution in [0.3, 0.4) is 0 Å². The Balaban J connectivity index is 1.52. The molecule has 3 heterocycles. The van der Waals surface area contributed by atoms with Gasteiger partial charge >= 0.3 is 0 Å². The molecule has 0 spiro atoms. The van der Waals surface area contributed by atoms with Crippen LogP contribution in [-0.4, -0.2) is 54.0 Å². The number of rotatable bonds is 4. The van der Waals surface area contributed by atoms with Gasteiger partial charge in [-0.25, -0.2) is 0 Å². The van der Waals surface area contributed by atoms with E-state index in [2.05, 4.69) is 10.3 Å². The summed E-state index contributed by atoms with van der Waals surface area (Å²) >= 11 is 0. The Kier molecular flexibility index (Phi) is 5.67. The van der Waals surface area contributed by atoms with Gasteiger partial charge in [0.25, 0.3) is 11.8 Å². The summed E-state index contributed by atoms with van der Waals surface area (Å²) in [6.07, 6.45) is 5.82. The Bertz CT molecular complexity index is 856. The summed E-state index contributed by atoms with van der Waals surface area (Å²) in [6, 6.07) is 11.0. The predicted octanol–water partition coefficient (Wildman–Crippen LogP) is 2.89. The molecule has 2 fully saturated rings. The Morgan fingerprint density at radius 2 is 1.93 bits per heavy atom. The number of benzene rings is 1. The minimum Gasteiger partial charge on any atom is -0.379 e. The van der Waals surface area contributed by atoms with E-state index in [9.17, 15) is 9.59 Å². The van der Waals surface area contributed by atoms with E-state index < -0.39 is 0 Å². The first kappa shape index (κ1) is 18.6. The lowest BCUT2D eigenvalue weighted by Gasteiger charge is -2.26. The second kappa shape index (κ2) is 8.52. The number of nitrogens with zero attached hydrogens (tertiary/aromatic N) is 2. The molecule has 2 aliphatic heterocycles. The van der Waals surface area contributed by atoms with Crippen LogP contribution in [0.4, 0.5) is 0 Å². The minimum absolute atomic E-state index is 0.0541. The maximum atomic E-state index is 12.8. The smallest absolute Gasteiger partial charge is 0.253 e. The van der Waals surface area contributed by atoms with Gasteiger partial charge in [0, 0.05) is 42.6 Å². The predicted molar refractivity (Wildman–Crippen MR) is 106 cm³/mol. The largest absolute Gasteiger partial charge is 0.379 e. The highest BCUT2D eigenvalue weighted by Crippen LogP contribution is 2.21. The highest BCUT2D eigenvalue weighted by Gasteiger charge is 2.20. The van der Waals surface area contributed by atoms with Crippen molar-refractivity contribution in [3.05, 3.63) is 53.7 Å². The molecule has 6 heteroatoms. The van der Waals surface area contributed by atoms with Gasteiger partial charge in [-0.05, 0) is 49.9 Å². The lowest BCUT2D eigenvalue weighted by molar-refractivity contribution is 0.0724. The van der Waals surface area contributed by atoms with E-state index in [1.807, 2.05) is 29.2 Å². The van der Waals surface area contributed by atoms with Crippen LogP contribution in [0.1, 0.15) is 46.4 Å². The third kappa shape index (κ3) is 4.22. The summed E-state index contributed by atoms with van der Waals surface area (Å²) in [5.74, 6) is -0.0589. The maximum absolute atomic E-state index is 12.8. The summed E-state index contributed by atoms with van der Waals surface area (Å²) < 4.78 is 5.31. The fraction of sp³-hybridized carbons (Fsp3) is 0.409. The zero-order valence-corrected chi connectivity index (χ0v) is 15.9. The summed E-state index contributed by atoms with van der Waals surface area (Å²) in [7, 11) is 0. The molecule has 0 saturated carbocycles. The number of likely N-dealkylation sites (tertiary alicyclic amines) is 1. The van der Waals surface area contributed by atoms with Crippen molar-refractivity contribution in [2.45, 2.75) is 31.7 Å². The molecular formula is C22H25N3O3. The molecule has 2 aliphatic rings. The number of piperidine rings is 1. The van der Waals surface area contributed by atoms with Crippen molar-refractivity contribution in [3.8, 4) is 11.3 Å². The van der Waals surface area contributed by atoms with Gasteiger partial charge in [-0.3, -0.25) is 14.6 Å². The Hall–Kier alpha value is -2.73. The third-order valence-electron chi connectivity index (χ3n) is 5.34. The molecule has 0 bridgehead atoms. The highest BCUT2D eigenvalue weighted by atomic mass is 16.5. The van der Waals surface area contributed by atoms with Crippen molar-refractivity contribution in [3.63, 3.8) is 0 Å². The standard InChI is InChI=1S/C22H25N3O3/c26-21(24-19-8-12-28-15-19)17-6-4-5-16(13-17)20-14-18(7-9-23-20)22(27)25-10-2-1-3-11-25/h4-7,9,13-14,19H,1-3,8,10-12,15H2,(H,24,26)/t19-/m1/s1. The van der Waals surface area contributed by atoms with E-state index in [0.717, 1.165) is 37.9 Å². The number of carbonyl (C=O) groups is 2. The van der Waals surface area contributed by atoms with E-state index in [4.69, 9.17) is 4.74 Å². The third-order valence-corrected chi connectivity index (χ3v) is 5.34. The molecule has 146 valence electrons. The molecule has 1 atom stereocenters. The molecular weight excluding hydrogens is 354 g/mol. The van der Waals surface area contributed by atoms with E-state index in [1.165, 1.54) is 6.42 Å². The first-order chi connectivity index (χ1) is 13.7. The molecule has 4 rings (SSSR count). The number of hydrogen-bond donors (Lipinski definition) is 1. The monoisotopic (exact) mass is 379 g/mol. The summed E-state index contributed by atoms with van der Waals surface area (Å²) in [4.78, 5) is 31.6. The molecule has 1 aromatic carbocycles. The van der Waals surface area contributed by atoms with E-state index >= 15 is 0 Å². The van der Waals surface area contributed by atoms with Gasteiger partial charge in [-0.15, -0.1) is 0 Å². The van der Waals surface area contributed by atoms with Crippen LogP contribution in [0, 0.1) is 0 Å². The molecule has 1 aromatic heterocycles. The van der Waals surface area contributed by atoms with Crippen molar-refractivity contribution in [1.29, 1.82) is 0 Å². The van der Waals surface area contributed by atoms with Crippen molar-refractivity contribution >= 4 is 11.8 Å². The number of amides is 2. The summed E-state index contributed by atoms with van der Waals surface area (Å²) in [6.45, 7) is 2.88. The van der Waals surface area contributed by atoms with Crippen LogP contribution in [0.2, 0.25) is 0 Å². The topological polar surface area (TPSA) is 71.5 Å². The van der Waals surface area contributed by atoms with Gasteiger partial charge in [0.1, 0.15) is 0 Å². The Morgan fingerprint density at radius 3 is 2.71 bits per heavy atom. The zero-order chi connectivity index (χ0) is 19.3. The second-order valence-corrected chi connectivity index (χ2v) is 7.40. The van der Waals surface area contributed by atoms with Gasteiger partial charge in [0.2, 0.25) is 0 Å².